The number of rotatable bonds is 3. The fourth-order valence-corrected chi connectivity index (χ4v) is 6.82. The van der Waals surface area contributed by atoms with Gasteiger partial charge in [-0.15, -0.1) is 11.3 Å². The summed E-state index contributed by atoms with van der Waals surface area (Å²) in [6.45, 7) is 0. The molecular weight excluding hydrogens is 310 g/mol. The molecule has 3 rings (SSSR count). The number of sulfonamides is 1. The van der Waals surface area contributed by atoms with Crippen LogP contribution in [0.5, 0.6) is 0 Å². The van der Waals surface area contributed by atoms with E-state index in [-0.39, 0.29) is 15.3 Å². The Kier molecular flexibility index (Phi) is 3.12. The molecule has 2 aliphatic rings. The van der Waals surface area contributed by atoms with E-state index in [1.54, 1.807) is 11.4 Å². The van der Waals surface area contributed by atoms with E-state index in [0.717, 1.165) is 17.8 Å². The van der Waals surface area contributed by atoms with Gasteiger partial charge in [0.15, 0.2) is 4.21 Å². The second-order valence-electron chi connectivity index (χ2n) is 4.87. The van der Waals surface area contributed by atoms with E-state index in [1.165, 1.54) is 4.31 Å². The first-order chi connectivity index (χ1) is 8.93. The van der Waals surface area contributed by atoms with Gasteiger partial charge in [-0.25, -0.2) is 8.42 Å². The molecule has 1 aromatic heterocycles. The third-order valence-electron chi connectivity index (χ3n) is 3.89. The lowest BCUT2D eigenvalue weighted by atomic mass is 9.89. The molecule has 0 amide bonds. The number of carbonyl (C=O) groups is 1. The zero-order valence-corrected chi connectivity index (χ0v) is 12.2. The van der Waals surface area contributed by atoms with Crippen molar-refractivity contribution in [2.24, 2.45) is 5.92 Å². The van der Waals surface area contributed by atoms with Gasteiger partial charge in [-0.1, -0.05) is 11.6 Å². The van der Waals surface area contributed by atoms with Crippen molar-refractivity contribution in [2.45, 2.75) is 35.6 Å². The van der Waals surface area contributed by atoms with Crippen LogP contribution in [0.4, 0.5) is 0 Å². The van der Waals surface area contributed by atoms with Gasteiger partial charge in [-0.3, -0.25) is 4.79 Å². The van der Waals surface area contributed by atoms with E-state index < -0.39 is 28.0 Å². The van der Waals surface area contributed by atoms with Crippen LogP contribution in [0.2, 0.25) is 5.02 Å². The maximum Gasteiger partial charge on any atom is 0.308 e. The Morgan fingerprint density at radius 1 is 1.47 bits per heavy atom. The third kappa shape index (κ3) is 1.91. The highest BCUT2D eigenvalue weighted by atomic mass is 35.5. The zero-order chi connectivity index (χ0) is 13.8. The largest absolute Gasteiger partial charge is 0.481 e. The highest BCUT2D eigenvalue weighted by Gasteiger charge is 2.54. The molecule has 0 spiro atoms. The Morgan fingerprint density at radius 2 is 2.21 bits per heavy atom. The number of fused-ring (bicyclic) bond motifs is 2. The standard InChI is InChI=1S/C11H12ClNO4S2/c12-8-3-4-18-11(8)19(16,17)13-6-1-2-9(13)7(5-6)10(14)15/h3-4,6-7,9H,1-2,5H2,(H,14,15)/t6-,7-,9-/m1/s1. The van der Waals surface area contributed by atoms with Gasteiger partial charge >= 0.3 is 5.97 Å². The number of hydrogen-bond donors (Lipinski definition) is 1. The van der Waals surface area contributed by atoms with E-state index in [0.29, 0.717) is 12.8 Å². The van der Waals surface area contributed by atoms with Crippen LogP contribution in [0.25, 0.3) is 0 Å². The minimum absolute atomic E-state index is 0.122. The summed E-state index contributed by atoms with van der Waals surface area (Å²) < 4.78 is 26.7. The minimum Gasteiger partial charge on any atom is -0.481 e. The molecule has 0 radical (unpaired) electrons. The Hall–Kier alpha value is -0.630. The number of halogens is 1. The lowest BCUT2D eigenvalue weighted by molar-refractivity contribution is -0.142. The summed E-state index contributed by atoms with van der Waals surface area (Å²) in [7, 11) is -3.67. The monoisotopic (exact) mass is 321 g/mol. The summed E-state index contributed by atoms with van der Waals surface area (Å²) in [6, 6.07) is 0.922. The van der Waals surface area contributed by atoms with E-state index in [2.05, 4.69) is 0 Å². The van der Waals surface area contributed by atoms with Crippen LogP contribution in [0.3, 0.4) is 0 Å². The van der Waals surface area contributed by atoms with Crippen molar-refractivity contribution in [3.63, 3.8) is 0 Å². The molecule has 2 aliphatic heterocycles. The quantitative estimate of drug-likeness (QED) is 0.924. The average Bonchev–Trinajstić information content (AvgIpc) is 3.01. The molecule has 5 nitrogen and oxygen atoms in total. The molecule has 2 fully saturated rings. The maximum absolute atomic E-state index is 12.6. The fourth-order valence-electron chi connectivity index (χ4n) is 3.14. The van der Waals surface area contributed by atoms with Gasteiger partial charge in [0.25, 0.3) is 10.0 Å². The molecule has 1 N–H and O–H groups in total. The van der Waals surface area contributed by atoms with Crippen LogP contribution in [-0.4, -0.2) is 35.9 Å². The van der Waals surface area contributed by atoms with Crippen LogP contribution in [0, 0.1) is 5.92 Å². The average molecular weight is 322 g/mol. The molecule has 0 aromatic carbocycles. The molecule has 2 saturated heterocycles. The van der Waals surface area contributed by atoms with Crippen molar-refractivity contribution < 1.29 is 18.3 Å². The first-order valence-corrected chi connectivity index (χ1v) is 8.62. The maximum atomic E-state index is 12.6. The third-order valence-corrected chi connectivity index (χ3v) is 7.86. The molecule has 3 heterocycles. The summed E-state index contributed by atoms with van der Waals surface area (Å²) in [5, 5.41) is 11.0. The lowest BCUT2D eigenvalue weighted by Gasteiger charge is -2.21. The first-order valence-electron chi connectivity index (χ1n) is 5.92. The highest BCUT2D eigenvalue weighted by Crippen LogP contribution is 2.46. The topological polar surface area (TPSA) is 74.7 Å². The van der Waals surface area contributed by atoms with Crippen molar-refractivity contribution in [3.8, 4) is 0 Å². The van der Waals surface area contributed by atoms with Crippen molar-refractivity contribution >= 4 is 38.9 Å². The second kappa shape index (κ2) is 4.44. The number of thiophene rings is 1. The molecule has 104 valence electrons. The molecule has 3 atom stereocenters. The summed E-state index contributed by atoms with van der Waals surface area (Å²) in [5.74, 6) is -1.50. The fraction of sp³-hybridized carbons (Fsp3) is 0.545. The van der Waals surface area contributed by atoms with Crippen molar-refractivity contribution in [3.05, 3.63) is 16.5 Å². The summed E-state index contributed by atoms with van der Waals surface area (Å²) >= 11 is 6.98. The lowest BCUT2D eigenvalue weighted by Crippen LogP contribution is -2.37. The van der Waals surface area contributed by atoms with Crippen molar-refractivity contribution in [1.82, 2.24) is 4.31 Å². The smallest absolute Gasteiger partial charge is 0.308 e. The molecule has 0 aliphatic carbocycles. The molecule has 19 heavy (non-hydrogen) atoms. The Morgan fingerprint density at radius 3 is 2.74 bits per heavy atom. The summed E-state index contributed by atoms with van der Waals surface area (Å²) in [6.07, 6.45) is 1.75. The van der Waals surface area contributed by atoms with Gasteiger partial charge in [0.2, 0.25) is 0 Å². The van der Waals surface area contributed by atoms with Gasteiger partial charge in [0.1, 0.15) is 0 Å². The Bertz CT molecular complexity index is 626. The van der Waals surface area contributed by atoms with Gasteiger partial charge in [0, 0.05) is 12.1 Å². The SMILES string of the molecule is O=C(O)[C@@H]1C[C@H]2CC[C@H]1N2S(=O)(=O)c1sccc1Cl. The predicted octanol–water partition coefficient (Wildman–Crippen LogP) is 2.03. The Labute approximate surface area is 119 Å². The van der Waals surface area contributed by atoms with E-state index in [9.17, 15) is 13.2 Å². The van der Waals surface area contributed by atoms with Crippen molar-refractivity contribution in [2.75, 3.05) is 0 Å². The molecule has 0 saturated carbocycles. The summed E-state index contributed by atoms with van der Waals surface area (Å²) in [5.41, 5.74) is 0. The molecular formula is C11H12ClNO4S2. The first kappa shape index (κ1) is 13.4. The van der Waals surface area contributed by atoms with E-state index in [4.69, 9.17) is 16.7 Å². The van der Waals surface area contributed by atoms with Crippen molar-refractivity contribution in [1.29, 1.82) is 0 Å². The predicted molar refractivity (Wildman–Crippen MR) is 70.9 cm³/mol. The Balaban J connectivity index is 2.00. The van der Waals surface area contributed by atoms with Crippen LogP contribution in [-0.2, 0) is 14.8 Å². The minimum atomic E-state index is -3.67. The second-order valence-corrected chi connectivity index (χ2v) is 8.23. The van der Waals surface area contributed by atoms with Gasteiger partial charge in [0.05, 0.1) is 10.9 Å². The molecule has 8 heteroatoms. The normalized spacial score (nSPS) is 30.9. The highest BCUT2D eigenvalue weighted by molar-refractivity contribution is 7.91. The van der Waals surface area contributed by atoms with Gasteiger partial charge in [-0.05, 0) is 30.7 Å². The van der Waals surface area contributed by atoms with Crippen LogP contribution < -0.4 is 0 Å². The van der Waals surface area contributed by atoms with Gasteiger partial charge in [-0.2, -0.15) is 4.31 Å². The number of nitrogens with zero attached hydrogens (tertiary/aromatic N) is 1. The van der Waals surface area contributed by atoms with Gasteiger partial charge < -0.3 is 5.11 Å². The van der Waals surface area contributed by atoms with Crippen LogP contribution in [0.1, 0.15) is 19.3 Å². The molecule has 1 aromatic rings. The number of hydrogen-bond acceptors (Lipinski definition) is 4. The number of carboxylic acid groups (broad SMARTS) is 1. The zero-order valence-electron chi connectivity index (χ0n) is 9.82. The van der Waals surface area contributed by atoms with E-state index in [1.807, 2.05) is 0 Å². The van der Waals surface area contributed by atoms with Crippen LogP contribution in [0.15, 0.2) is 15.7 Å². The number of aliphatic carboxylic acids is 1. The number of carboxylic acids is 1. The summed E-state index contributed by atoms with van der Waals surface area (Å²) in [4.78, 5) is 11.2. The van der Waals surface area contributed by atoms with E-state index >= 15 is 0 Å². The molecule has 2 bridgehead atoms. The van der Waals surface area contributed by atoms with Crippen LogP contribution >= 0.6 is 22.9 Å². The molecule has 0 unspecified atom stereocenters.